The lowest BCUT2D eigenvalue weighted by molar-refractivity contribution is -0.384. The maximum atomic E-state index is 13.4. The Morgan fingerprint density at radius 1 is 0.930 bits per heavy atom. The molecule has 5 aromatic rings. The summed E-state index contributed by atoms with van der Waals surface area (Å²) >= 11 is 6.08. The summed E-state index contributed by atoms with van der Waals surface area (Å²) in [4.78, 5) is 55.3. The van der Waals surface area contributed by atoms with Crippen molar-refractivity contribution in [1.29, 1.82) is 0 Å². The van der Waals surface area contributed by atoms with Gasteiger partial charge in [-0.1, -0.05) is 41.9 Å². The van der Waals surface area contributed by atoms with Gasteiger partial charge in [-0.05, 0) is 61.0 Å². The molecular weight excluding hydrogens is 574 g/mol. The smallest absolute Gasteiger partial charge is 0.338 e. The number of halogens is 1. The van der Waals surface area contributed by atoms with E-state index in [0.717, 1.165) is 4.90 Å². The number of non-ortho nitro benzene ring substituents is 1. The molecule has 212 valence electrons. The molecule has 1 aromatic heterocycles. The van der Waals surface area contributed by atoms with Crippen LogP contribution in [0, 0.1) is 17.0 Å². The van der Waals surface area contributed by atoms with E-state index in [2.05, 4.69) is 4.98 Å². The van der Waals surface area contributed by atoms with E-state index in [9.17, 15) is 24.5 Å². The first kappa shape index (κ1) is 27.6. The molecule has 4 aromatic carbocycles. The minimum Gasteiger partial charge on any atom is -0.457 e. The van der Waals surface area contributed by atoms with Gasteiger partial charge in [-0.25, -0.2) is 9.69 Å². The fourth-order valence-electron chi connectivity index (χ4n) is 4.81. The van der Waals surface area contributed by atoms with Crippen LogP contribution in [0.15, 0.2) is 91.0 Å². The molecule has 6 rings (SSSR count). The van der Waals surface area contributed by atoms with Crippen molar-refractivity contribution in [2.24, 2.45) is 0 Å². The summed E-state index contributed by atoms with van der Waals surface area (Å²) in [5.74, 6) is -0.794. The van der Waals surface area contributed by atoms with Gasteiger partial charge in [-0.3, -0.25) is 24.7 Å². The first-order chi connectivity index (χ1) is 20.7. The Hall–Kier alpha value is -5.61. The monoisotopic (exact) mass is 593 g/mol. The Balaban J connectivity index is 1.10. The predicted octanol–water partition coefficient (Wildman–Crippen LogP) is 7.05. The van der Waals surface area contributed by atoms with Gasteiger partial charge in [0.2, 0.25) is 0 Å². The molecule has 2 amide bonds. The molecule has 1 aliphatic rings. The van der Waals surface area contributed by atoms with Gasteiger partial charge in [-0.15, -0.1) is 0 Å². The topological polar surface area (TPSA) is 129 Å². The Morgan fingerprint density at radius 3 is 2.33 bits per heavy atom. The number of carbonyl (C=O) groups is 3. The number of rotatable bonds is 7. The number of nitrogens with zero attached hydrogens (tertiary/aromatic N) is 3. The molecule has 0 N–H and O–H groups in total. The van der Waals surface area contributed by atoms with Crippen LogP contribution in [0.25, 0.3) is 10.9 Å². The lowest BCUT2D eigenvalue weighted by Gasteiger charge is -2.14. The van der Waals surface area contributed by atoms with Gasteiger partial charge in [0, 0.05) is 17.5 Å². The van der Waals surface area contributed by atoms with Gasteiger partial charge in [0.1, 0.15) is 18.1 Å². The number of nitro benzene ring substituents is 1. The molecule has 0 atom stereocenters. The number of pyridine rings is 1. The highest BCUT2D eigenvalue weighted by molar-refractivity contribution is 6.37. The molecule has 0 aliphatic carbocycles. The molecule has 0 spiro atoms. The standard InChI is InChI=1S/C32H20ClN3O7/c1-18-28-29(24-4-2-3-5-26(24)34-18)31(38)35(30(28)37)21-10-8-20(9-11-21)32(39)42-17-19-6-13-23(14-7-19)43-27-15-12-22(36(40)41)16-25(27)33/h2-16H,17H2,1H3. The maximum absolute atomic E-state index is 13.4. The number of esters is 1. The van der Waals surface area contributed by atoms with E-state index < -0.39 is 22.7 Å². The van der Waals surface area contributed by atoms with E-state index in [-0.39, 0.29) is 34.2 Å². The summed E-state index contributed by atoms with van der Waals surface area (Å²) in [6.07, 6.45) is 0. The van der Waals surface area contributed by atoms with Gasteiger partial charge < -0.3 is 9.47 Å². The molecule has 0 bridgehead atoms. The van der Waals surface area contributed by atoms with Crippen molar-refractivity contribution in [3.05, 3.63) is 134 Å². The number of fused-ring (bicyclic) bond motifs is 3. The van der Waals surface area contributed by atoms with Crippen LogP contribution in [0.2, 0.25) is 5.02 Å². The second-order valence-corrected chi connectivity index (χ2v) is 10.1. The van der Waals surface area contributed by atoms with Crippen LogP contribution in [0.1, 0.15) is 42.3 Å². The lowest BCUT2D eigenvalue weighted by Crippen LogP contribution is -2.29. The maximum Gasteiger partial charge on any atom is 0.338 e. The van der Waals surface area contributed by atoms with Crippen LogP contribution in [-0.2, 0) is 11.3 Å². The van der Waals surface area contributed by atoms with Crippen LogP contribution in [0.4, 0.5) is 11.4 Å². The molecule has 43 heavy (non-hydrogen) atoms. The van der Waals surface area contributed by atoms with Crippen molar-refractivity contribution < 1.29 is 28.8 Å². The third-order valence-electron chi connectivity index (χ3n) is 6.92. The molecule has 0 saturated carbocycles. The van der Waals surface area contributed by atoms with Crippen LogP contribution in [0.5, 0.6) is 11.5 Å². The SMILES string of the molecule is Cc1nc2ccccc2c2c1C(=O)N(c1ccc(C(=O)OCc3ccc(Oc4ccc([N+](=O)[O-])cc4Cl)cc3)cc1)C2=O. The van der Waals surface area contributed by atoms with Crippen LogP contribution >= 0.6 is 11.6 Å². The normalized spacial score (nSPS) is 12.4. The number of amides is 2. The third kappa shape index (κ3) is 5.15. The highest BCUT2D eigenvalue weighted by Gasteiger charge is 2.40. The number of benzene rings is 4. The summed E-state index contributed by atoms with van der Waals surface area (Å²) in [7, 11) is 0. The Bertz CT molecular complexity index is 1960. The number of ether oxygens (including phenoxy) is 2. The summed E-state index contributed by atoms with van der Waals surface area (Å²) < 4.78 is 11.1. The summed E-state index contributed by atoms with van der Waals surface area (Å²) in [6.45, 7) is 1.69. The number of nitro groups is 1. The van der Waals surface area contributed by atoms with E-state index >= 15 is 0 Å². The van der Waals surface area contributed by atoms with Crippen molar-refractivity contribution in [2.75, 3.05) is 4.90 Å². The zero-order valence-corrected chi connectivity index (χ0v) is 23.2. The Labute approximate surface area is 249 Å². The zero-order chi connectivity index (χ0) is 30.2. The second kappa shape index (κ2) is 11.0. The number of hydrogen-bond acceptors (Lipinski definition) is 8. The average Bonchev–Trinajstić information content (AvgIpc) is 3.28. The molecule has 11 heteroatoms. The van der Waals surface area contributed by atoms with Crippen molar-refractivity contribution in [2.45, 2.75) is 13.5 Å². The molecule has 0 radical (unpaired) electrons. The van der Waals surface area contributed by atoms with Crippen molar-refractivity contribution in [1.82, 2.24) is 4.98 Å². The van der Waals surface area contributed by atoms with E-state index in [1.54, 1.807) is 49.4 Å². The number of carbonyl (C=O) groups excluding carboxylic acids is 3. The largest absolute Gasteiger partial charge is 0.457 e. The summed E-state index contributed by atoms with van der Waals surface area (Å²) in [6, 6.07) is 23.8. The van der Waals surface area contributed by atoms with Gasteiger partial charge in [-0.2, -0.15) is 0 Å². The lowest BCUT2D eigenvalue weighted by atomic mass is 10.0. The van der Waals surface area contributed by atoms with Crippen molar-refractivity contribution >= 4 is 51.7 Å². The third-order valence-corrected chi connectivity index (χ3v) is 7.21. The first-order valence-corrected chi connectivity index (χ1v) is 13.3. The number of aryl methyl sites for hydroxylation is 1. The summed E-state index contributed by atoms with van der Waals surface area (Å²) in [5.41, 5.74) is 2.83. The number of hydrogen-bond donors (Lipinski definition) is 0. The zero-order valence-electron chi connectivity index (χ0n) is 22.4. The number of aromatic nitrogens is 1. The van der Waals surface area contributed by atoms with E-state index in [4.69, 9.17) is 21.1 Å². The molecule has 10 nitrogen and oxygen atoms in total. The van der Waals surface area contributed by atoms with Crippen LogP contribution < -0.4 is 9.64 Å². The average molecular weight is 594 g/mol. The van der Waals surface area contributed by atoms with Crippen LogP contribution in [0.3, 0.4) is 0 Å². The molecule has 0 saturated heterocycles. The fraction of sp³-hybridized carbons (Fsp3) is 0.0625. The van der Waals surface area contributed by atoms with Crippen LogP contribution in [-0.4, -0.2) is 27.7 Å². The van der Waals surface area contributed by atoms with Crippen molar-refractivity contribution in [3.8, 4) is 11.5 Å². The predicted molar refractivity (Wildman–Crippen MR) is 158 cm³/mol. The first-order valence-electron chi connectivity index (χ1n) is 13.0. The van der Waals surface area contributed by atoms with E-state index in [1.807, 2.05) is 6.07 Å². The Morgan fingerprint density at radius 2 is 1.63 bits per heavy atom. The molecule has 0 fully saturated rings. The number of anilines is 1. The van der Waals surface area contributed by atoms with E-state index in [1.165, 1.54) is 42.5 Å². The van der Waals surface area contributed by atoms with Crippen molar-refractivity contribution in [3.63, 3.8) is 0 Å². The van der Waals surface area contributed by atoms with Gasteiger partial charge >= 0.3 is 5.97 Å². The highest BCUT2D eigenvalue weighted by atomic mass is 35.5. The minimum atomic E-state index is -0.585. The quantitative estimate of drug-likeness (QED) is 0.0849. The molecular formula is C32H20ClN3O7. The van der Waals surface area contributed by atoms with E-state index in [0.29, 0.717) is 39.2 Å². The Kier molecular flexibility index (Phi) is 7.04. The molecule has 0 unspecified atom stereocenters. The molecule has 1 aliphatic heterocycles. The summed E-state index contributed by atoms with van der Waals surface area (Å²) in [5, 5.41) is 11.6. The minimum absolute atomic E-state index is 0.0170. The number of imide groups is 1. The van der Waals surface area contributed by atoms with Gasteiger partial charge in [0.25, 0.3) is 17.5 Å². The highest BCUT2D eigenvalue weighted by Crippen LogP contribution is 2.35. The van der Waals surface area contributed by atoms with Gasteiger partial charge in [0.15, 0.2) is 0 Å². The second-order valence-electron chi connectivity index (χ2n) is 9.65. The van der Waals surface area contributed by atoms with Gasteiger partial charge in [0.05, 0.1) is 43.5 Å². The number of para-hydroxylation sites is 1. The molecule has 2 heterocycles. The fourth-order valence-corrected chi connectivity index (χ4v) is 5.03.